The van der Waals surface area contributed by atoms with Crippen LogP contribution in [0.5, 0.6) is 5.75 Å². The Balaban J connectivity index is 0.00000208. The van der Waals surface area contributed by atoms with Crippen molar-refractivity contribution in [3.05, 3.63) is 29.8 Å². The molecule has 1 aromatic carbocycles. The third-order valence-corrected chi connectivity index (χ3v) is 5.09. The Morgan fingerprint density at radius 3 is 2.79 bits per heavy atom. The highest BCUT2D eigenvalue weighted by Crippen LogP contribution is 2.43. The van der Waals surface area contributed by atoms with Crippen molar-refractivity contribution in [2.45, 2.75) is 38.8 Å². The van der Waals surface area contributed by atoms with Crippen LogP contribution < -0.4 is 15.4 Å². The number of alkyl halides is 2. The molecule has 24 heavy (non-hydrogen) atoms. The van der Waals surface area contributed by atoms with Crippen LogP contribution in [0, 0.1) is 11.3 Å². The van der Waals surface area contributed by atoms with E-state index in [0.717, 1.165) is 37.9 Å². The number of carbonyl (C=O) groups is 1. The third kappa shape index (κ3) is 3.98. The zero-order valence-corrected chi connectivity index (χ0v) is 14.2. The first-order valence-corrected chi connectivity index (χ1v) is 8.13. The average molecular weight is 361 g/mol. The molecule has 7 heteroatoms. The molecule has 134 valence electrons. The predicted molar refractivity (Wildman–Crippen MR) is 89.4 cm³/mol. The maximum Gasteiger partial charge on any atom is 0.387 e. The standard InChI is InChI=1S/C17H22F2N2O2.ClH/c18-16(19)23-14-6-4-12(5-7-14)9-21-15(22)17-8-2-1-3-13(17)10-20-11-17;/h4-7,13,16,20H,1-3,8-11H2,(H,21,22);1H/t13-,17+;/m0./s1. The summed E-state index contributed by atoms with van der Waals surface area (Å²) in [4.78, 5) is 12.7. The van der Waals surface area contributed by atoms with Crippen LogP contribution in [0.25, 0.3) is 0 Å². The van der Waals surface area contributed by atoms with Crippen molar-refractivity contribution in [2.24, 2.45) is 11.3 Å². The summed E-state index contributed by atoms with van der Waals surface area (Å²) in [6.45, 7) is -0.738. The van der Waals surface area contributed by atoms with Gasteiger partial charge in [0.15, 0.2) is 0 Å². The molecule has 0 unspecified atom stereocenters. The van der Waals surface area contributed by atoms with E-state index in [-0.39, 0.29) is 29.5 Å². The molecule has 1 aliphatic carbocycles. The van der Waals surface area contributed by atoms with Crippen LogP contribution in [-0.4, -0.2) is 25.6 Å². The van der Waals surface area contributed by atoms with Crippen molar-refractivity contribution in [3.63, 3.8) is 0 Å². The number of hydrogen-bond donors (Lipinski definition) is 2. The van der Waals surface area contributed by atoms with Crippen LogP contribution in [0.2, 0.25) is 0 Å². The minimum atomic E-state index is -2.82. The van der Waals surface area contributed by atoms with Crippen molar-refractivity contribution in [2.75, 3.05) is 13.1 Å². The fraction of sp³-hybridized carbons (Fsp3) is 0.588. The summed E-state index contributed by atoms with van der Waals surface area (Å²) in [6.07, 6.45) is 4.36. The van der Waals surface area contributed by atoms with E-state index in [0.29, 0.717) is 12.5 Å². The average Bonchev–Trinajstić information content (AvgIpc) is 2.98. The molecule has 4 nitrogen and oxygen atoms in total. The molecule has 0 spiro atoms. The molecular formula is C17H23ClF2N2O2. The highest BCUT2D eigenvalue weighted by Gasteiger charge is 2.49. The fourth-order valence-corrected chi connectivity index (χ4v) is 3.84. The summed E-state index contributed by atoms with van der Waals surface area (Å²) in [6, 6.07) is 6.38. The molecule has 1 saturated heterocycles. The lowest BCUT2D eigenvalue weighted by molar-refractivity contribution is -0.134. The molecule has 0 radical (unpaired) electrons. The van der Waals surface area contributed by atoms with Crippen LogP contribution in [0.3, 0.4) is 0 Å². The molecule has 1 aromatic rings. The van der Waals surface area contributed by atoms with Crippen LogP contribution in [0.4, 0.5) is 8.78 Å². The van der Waals surface area contributed by atoms with Gasteiger partial charge >= 0.3 is 6.61 Å². The highest BCUT2D eigenvalue weighted by molar-refractivity contribution is 5.85. The Bertz CT molecular complexity index is 556. The smallest absolute Gasteiger partial charge is 0.387 e. The normalized spacial score (nSPS) is 25.7. The van der Waals surface area contributed by atoms with E-state index >= 15 is 0 Å². The van der Waals surface area contributed by atoms with E-state index in [1.165, 1.54) is 18.6 Å². The van der Waals surface area contributed by atoms with E-state index in [2.05, 4.69) is 15.4 Å². The highest BCUT2D eigenvalue weighted by atomic mass is 35.5. The molecule has 3 rings (SSSR count). The zero-order chi connectivity index (χ0) is 16.3. The Hall–Kier alpha value is -1.40. The summed E-state index contributed by atoms with van der Waals surface area (Å²) in [7, 11) is 0. The molecule has 2 atom stereocenters. The first kappa shape index (κ1) is 18.9. The van der Waals surface area contributed by atoms with Crippen LogP contribution >= 0.6 is 12.4 Å². The number of hydrogen-bond acceptors (Lipinski definition) is 3. The number of carbonyl (C=O) groups excluding carboxylic acids is 1. The monoisotopic (exact) mass is 360 g/mol. The van der Waals surface area contributed by atoms with E-state index in [9.17, 15) is 13.6 Å². The van der Waals surface area contributed by atoms with Gasteiger partial charge in [-0.2, -0.15) is 8.78 Å². The van der Waals surface area contributed by atoms with Gasteiger partial charge in [0.25, 0.3) is 0 Å². The van der Waals surface area contributed by atoms with Gasteiger partial charge in [0.1, 0.15) is 5.75 Å². The second-order valence-corrected chi connectivity index (χ2v) is 6.43. The molecule has 1 heterocycles. The Morgan fingerprint density at radius 1 is 1.33 bits per heavy atom. The molecule has 1 aliphatic heterocycles. The van der Waals surface area contributed by atoms with Gasteiger partial charge in [-0.3, -0.25) is 4.79 Å². The first-order chi connectivity index (χ1) is 11.1. The van der Waals surface area contributed by atoms with Gasteiger partial charge in [-0.05, 0) is 43.0 Å². The summed E-state index contributed by atoms with van der Waals surface area (Å²) in [5.74, 6) is 0.666. The Kier molecular flexibility index (Phi) is 6.40. The number of fused-ring (bicyclic) bond motifs is 1. The zero-order valence-electron chi connectivity index (χ0n) is 13.4. The number of benzene rings is 1. The number of halogens is 3. The molecule has 0 bridgehead atoms. The SMILES string of the molecule is Cl.O=C(NCc1ccc(OC(F)F)cc1)[C@@]12CCCC[C@H]1CNC2. The van der Waals surface area contributed by atoms with E-state index < -0.39 is 6.61 Å². The lowest BCUT2D eigenvalue weighted by atomic mass is 9.67. The Labute approximate surface area is 146 Å². The summed E-state index contributed by atoms with van der Waals surface area (Å²) >= 11 is 0. The molecule has 2 aliphatic rings. The van der Waals surface area contributed by atoms with Crippen LogP contribution in [-0.2, 0) is 11.3 Å². The lowest BCUT2D eigenvalue weighted by Gasteiger charge is -2.37. The van der Waals surface area contributed by atoms with Gasteiger partial charge in [0.2, 0.25) is 5.91 Å². The second-order valence-electron chi connectivity index (χ2n) is 6.43. The van der Waals surface area contributed by atoms with Crippen LogP contribution in [0.1, 0.15) is 31.2 Å². The molecule has 1 saturated carbocycles. The second kappa shape index (κ2) is 8.12. The van der Waals surface area contributed by atoms with Crippen LogP contribution in [0.15, 0.2) is 24.3 Å². The Morgan fingerprint density at radius 2 is 2.08 bits per heavy atom. The van der Waals surface area contributed by atoms with Crippen molar-refractivity contribution < 1.29 is 18.3 Å². The van der Waals surface area contributed by atoms with E-state index in [1.54, 1.807) is 12.1 Å². The predicted octanol–water partition coefficient (Wildman–Crippen LogP) is 3.11. The van der Waals surface area contributed by atoms with Crippen molar-refractivity contribution >= 4 is 18.3 Å². The quantitative estimate of drug-likeness (QED) is 0.848. The van der Waals surface area contributed by atoms with Crippen molar-refractivity contribution in [1.29, 1.82) is 0 Å². The maximum atomic E-state index is 12.7. The topological polar surface area (TPSA) is 50.4 Å². The summed E-state index contributed by atoms with van der Waals surface area (Å²) < 4.78 is 28.6. The van der Waals surface area contributed by atoms with Gasteiger partial charge in [0.05, 0.1) is 5.41 Å². The fourth-order valence-electron chi connectivity index (χ4n) is 3.84. The number of nitrogens with one attached hydrogen (secondary N) is 2. The number of rotatable bonds is 5. The lowest BCUT2D eigenvalue weighted by Crippen LogP contribution is -2.47. The largest absolute Gasteiger partial charge is 0.435 e. The maximum absolute atomic E-state index is 12.7. The number of amides is 1. The third-order valence-electron chi connectivity index (χ3n) is 5.09. The minimum absolute atomic E-state index is 0. The molecule has 2 N–H and O–H groups in total. The van der Waals surface area contributed by atoms with Gasteiger partial charge in [-0.25, -0.2) is 0 Å². The minimum Gasteiger partial charge on any atom is -0.435 e. The molecular weight excluding hydrogens is 338 g/mol. The van der Waals surface area contributed by atoms with Gasteiger partial charge < -0.3 is 15.4 Å². The van der Waals surface area contributed by atoms with Crippen molar-refractivity contribution in [1.82, 2.24) is 10.6 Å². The molecule has 1 amide bonds. The first-order valence-electron chi connectivity index (χ1n) is 8.13. The molecule has 0 aromatic heterocycles. The van der Waals surface area contributed by atoms with Gasteiger partial charge in [-0.15, -0.1) is 12.4 Å². The van der Waals surface area contributed by atoms with Crippen molar-refractivity contribution in [3.8, 4) is 5.75 Å². The van der Waals surface area contributed by atoms with E-state index in [1.807, 2.05) is 0 Å². The van der Waals surface area contributed by atoms with E-state index in [4.69, 9.17) is 0 Å². The summed E-state index contributed by atoms with van der Waals surface area (Å²) in [5.41, 5.74) is 0.603. The van der Waals surface area contributed by atoms with Gasteiger partial charge in [0, 0.05) is 13.1 Å². The van der Waals surface area contributed by atoms with Gasteiger partial charge in [-0.1, -0.05) is 25.0 Å². The molecule has 2 fully saturated rings. The summed E-state index contributed by atoms with van der Waals surface area (Å²) in [5, 5.41) is 6.38. The number of ether oxygens (including phenoxy) is 1.